The zero-order valence-corrected chi connectivity index (χ0v) is 16.6. The first-order chi connectivity index (χ1) is 14.0. The highest BCUT2D eigenvalue weighted by Gasteiger charge is 2.16. The van der Waals surface area contributed by atoms with Gasteiger partial charge in [0.2, 0.25) is 5.88 Å². The van der Waals surface area contributed by atoms with Crippen molar-refractivity contribution in [2.45, 2.75) is 13.0 Å². The average Bonchev–Trinajstić information content (AvgIpc) is 3.13. The Hall–Kier alpha value is -3.09. The van der Waals surface area contributed by atoms with Gasteiger partial charge >= 0.3 is 0 Å². The van der Waals surface area contributed by atoms with Crippen LogP contribution >= 0.6 is 23.2 Å². The SMILES string of the molecule is C[C@@H](C=O)Oc1cc2c(-c3ccc(Oc4ccc(Cl)cc4)nc3)noc2cc1Cl. The fourth-order valence-corrected chi connectivity index (χ4v) is 2.99. The first-order valence-electron chi connectivity index (χ1n) is 8.64. The minimum Gasteiger partial charge on any atom is -0.482 e. The molecule has 146 valence electrons. The van der Waals surface area contributed by atoms with E-state index < -0.39 is 6.10 Å². The van der Waals surface area contributed by atoms with Crippen molar-refractivity contribution < 1.29 is 18.8 Å². The van der Waals surface area contributed by atoms with Crippen molar-refractivity contribution in [1.82, 2.24) is 10.1 Å². The van der Waals surface area contributed by atoms with Gasteiger partial charge in [-0.25, -0.2) is 4.98 Å². The van der Waals surface area contributed by atoms with Crippen molar-refractivity contribution >= 4 is 40.5 Å². The lowest BCUT2D eigenvalue weighted by atomic mass is 10.1. The Morgan fingerprint density at radius 3 is 2.59 bits per heavy atom. The van der Waals surface area contributed by atoms with E-state index in [1.54, 1.807) is 55.6 Å². The number of nitrogens with zero attached hydrogens (tertiary/aromatic N) is 2. The number of aromatic nitrogens is 2. The number of carbonyl (C=O) groups excluding carboxylic acids is 1. The Labute approximate surface area is 176 Å². The molecule has 0 amide bonds. The maximum Gasteiger partial charge on any atom is 0.219 e. The summed E-state index contributed by atoms with van der Waals surface area (Å²) < 4.78 is 16.6. The van der Waals surface area contributed by atoms with Crippen LogP contribution in [0.4, 0.5) is 0 Å². The number of hydrogen-bond acceptors (Lipinski definition) is 6. The molecule has 0 aliphatic carbocycles. The Morgan fingerprint density at radius 2 is 1.90 bits per heavy atom. The lowest BCUT2D eigenvalue weighted by Gasteiger charge is -2.10. The molecule has 4 aromatic rings. The van der Waals surface area contributed by atoms with Crippen LogP contribution in [0.15, 0.2) is 59.3 Å². The first-order valence-corrected chi connectivity index (χ1v) is 9.40. The third kappa shape index (κ3) is 4.18. The summed E-state index contributed by atoms with van der Waals surface area (Å²) in [6, 6.07) is 13.8. The van der Waals surface area contributed by atoms with Gasteiger partial charge in [0.1, 0.15) is 17.2 Å². The topological polar surface area (TPSA) is 74.5 Å². The van der Waals surface area contributed by atoms with E-state index in [0.717, 1.165) is 5.56 Å². The van der Waals surface area contributed by atoms with Crippen molar-refractivity contribution in [2.75, 3.05) is 0 Å². The van der Waals surface area contributed by atoms with Crippen LogP contribution < -0.4 is 9.47 Å². The number of halogens is 2. The molecule has 0 bridgehead atoms. The molecule has 1 atom stereocenters. The minimum atomic E-state index is -0.626. The van der Waals surface area contributed by atoms with E-state index in [0.29, 0.717) is 50.4 Å². The van der Waals surface area contributed by atoms with Gasteiger partial charge in [0.05, 0.1) is 10.4 Å². The summed E-state index contributed by atoms with van der Waals surface area (Å²) in [6.45, 7) is 1.63. The highest BCUT2D eigenvalue weighted by molar-refractivity contribution is 6.33. The smallest absolute Gasteiger partial charge is 0.219 e. The molecule has 6 nitrogen and oxygen atoms in total. The van der Waals surface area contributed by atoms with Gasteiger partial charge in [-0.3, -0.25) is 4.79 Å². The molecule has 2 aromatic heterocycles. The molecule has 8 heteroatoms. The fraction of sp³-hybridized carbons (Fsp3) is 0.0952. The first kappa shape index (κ1) is 19.2. The van der Waals surface area contributed by atoms with Crippen LogP contribution in [0.3, 0.4) is 0 Å². The molecule has 29 heavy (non-hydrogen) atoms. The summed E-state index contributed by atoms with van der Waals surface area (Å²) in [6.07, 6.45) is 1.70. The van der Waals surface area contributed by atoms with E-state index in [1.807, 2.05) is 6.07 Å². The average molecular weight is 429 g/mol. The fourth-order valence-electron chi connectivity index (χ4n) is 2.67. The van der Waals surface area contributed by atoms with Crippen LogP contribution in [-0.4, -0.2) is 22.5 Å². The molecule has 0 fully saturated rings. The summed E-state index contributed by atoms with van der Waals surface area (Å²) >= 11 is 12.1. The number of aldehydes is 1. The standard InChI is InChI=1S/C21H14Cl2N2O4/c1-12(11-26)27-19-8-16-18(9-17(19)23)29-25-21(16)13-2-7-20(24-10-13)28-15-5-3-14(22)4-6-15/h2-12H,1H3/t12-/m0/s1. The van der Waals surface area contributed by atoms with Gasteiger partial charge in [0, 0.05) is 28.9 Å². The normalized spacial score (nSPS) is 12.0. The van der Waals surface area contributed by atoms with E-state index in [1.165, 1.54) is 0 Å². The maximum absolute atomic E-state index is 10.9. The van der Waals surface area contributed by atoms with Crippen molar-refractivity contribution in [3.63, 3.8) is 0 Å². The number of benzene rings is 2. The van der Waals surface area contributed by atoms with E-state index in [9.17, 15) is 4.79 Å². The van der Waals surface area contributed by atoms with Crippen LogP contribution in [0.25, 0.3) is 22.2 Å². The van der Waals surface area contributed by atoms with Gasteiger partial charge in [-0.2, -0.15) is 0 Å². The van der Waals surface area contributed by atoms with Crippen LogP contribution in [0.1, 0.15) is 6.92 Å². The van der Waals surface area contributed by atoms with E-state index in [2.05, 4.69) is 10.1 Å². The highest BCUT2D eigenvalue weighted by Crippen LogP contribution is 2.36. The molecule has 0 saturated carbocycles. The van der Waals surface area contributed by atoms with Crippen molar-refractivity contribution in [2.24, 2.45) is 0 Å². The van der Waals surface area contributed by atoms with Crippen molar-refractivity contribution in [3.8, 4) is 28.6 Å². The Kier molecular flexibility index (Phi) is 5.38. The van der Waals surface area contributed by atoms with E-state index in [-0.39, 0.29) is 0 Å². The van der Waals surface area contributed by atoms with Crippen LogP contribution in [0.2, 0.25) is 10.0 Å². The second kappa shape index (κ2) is 8.11. The predicted octanol–water partition coefficient (Wildman–Crippen LogP) is 5.96. The van der Waals surface area contributed by atoms with Crippen molar-refractivity contribution in [1.29, 1.82) is 0 Å². The van der Waals surface area contributed by atoms with Crippen LogP contribution in [-0.2, 0) is 4.79 Å². The highest BCUT2D eigenvalue weighted by atomic mass is 35.5. The molecule has 0 spiro atoms. The van der Waals surface area contributed by atoms with E-state index >= 15 is 0 Å². The van der Waals surface area contributed by atoms with Gasteiger partial charge in [-0.05, 0) is 43.3 Å². The van der Waals surface area contributed by atoms with Crippen LogP contribution in [0, 0.1) is 0 Å². The number of ether oxygens (including phenoxy) is 2. The lowest BCUT2D eigenvalue weighted by Crippen LogP contribution is -2.12. The molecule has 0 aliphatic heterocycles. The number of pyridine rings is 1. The Bertz CT molecular complexity index is 1160. The zero-order valence-electron chi connectivity index (χ0n) is 15.1. The quantitative estimate of drug-likeness (QED) is 0.353. The molecule has 4 rings (SSSR count). The minimum absolute atomic E-state index is 0.332. The molecule has 0 unspecified atom stereocenters. The number of rotatable bonds is 6. The number of hydrogen-bond donors (Lipinski definition) is 0. The predicted molar refractivity (Wildman–Crippen MR) is 110 cm³/mol. The van der Waals surface area contributed by atoms with Crippen LogP contribution in [0.5, 0.6) is 17.4 Å². The van der Waals surface area contributed by atoms with Gasteiger partial charge < -0.3 is 14.0 Å². The molecule has 0 N–H and O–H groups in total. The van der Waals surface area contributed by atoms with Gasteiger partial charge in [0.15, 0.2) is 18.0 Å². The third-order valence-corrected chi connectivity index (χ3v) is 4.62. The van der Waals surface area contributed by atoms with Gasteiger partial charge in [-0.1, -0.05) is 28.4 Å². The molecule has 0 aliphatic rings. The summed E-state index contributed by atoms with van der Waals surface area (Å²) in [5, 5.41) is 5.77. The molecular weight excluding hydrogens is 415 g/mol. The molecular formula is C21H14Cl2N2O4. The number of carbonyl (C=O) groups is 1. The third-order valence-electron chi connectivity index (χ3n) is 4.07. The Balaban J connectivity index is 1.62. The summed E-state index contributed by atoms with van der Waals surface area (Å²) in [5.74, 6) is 1.43. The molecule has 0 radical (unpaired) electrons. The summed E-state index contributed by atoms with van der Waals surface area (Å²) in [5.41, 5.74) is 1.80. The van der Waals surface area contributed by atoms with Crippen molar-refractivity contribution in [3.05, 3.63) is 64.8 Å². The second-order valence-corrected chi connectivity index (χ2v) is 7.05. The summed E-state index contributed by atoms with van der Waals surface area (Å²) in [4.78, 5) is 15.2. The second-order valence-electron chi connectivity index (χ2n) is 6.21. The Morgan fingerprint density at radius 1 is 1.10 bits per heavy atom. The van der Waals surface area contributed by atoms with Gasteiger partial charge in [0.25, 0.3) is 0 Å². The molecule has 2 aromatic carbocycles. The summed E-state index contributed by atoms with van der Waals surface area (Å²) in [7, 11) is 0. The maximum atomic E-state index is 10.9. The lowest BCUT2D eigenvalue weighted by molar-refractivity contribution is -0.113. The number of fused-ring (bicyclic) bond motifs is 1. The monoisotopic (exact) mass is 428 g/mol. The molecule has 0 saturated heterocycles. The van der Waals surface area contributed by atoms with E-state index in [4.69, 9.17) is 37.2 Å². The largest absolute Gasteiger partial charge is 0.482 e. The molecule has 2 heterocycles. The van der Waals surface area contributed by atoms with Gasteiger partial charge in [-0.15, -0.1) is 0 Å². The zero-order chi connectivity index (χ0) is 20.4.